The van der Waals surface area contributed by atoms with Crippen LogP contribution in [0.25, 0.3) is 0 Å². The van der Waals surface area contributed by atoms with Gasteiger partial charge < -0.3 is 20.3 Å². The fourth-order valence-electron chi connectivity index (χ4n) is 2.76. The minimum absolute atomic E-state index is 0.199. The Hall–Kier alpha value is -2.81. The van der Waals surface area contributed by atoms with Gasteiger partial charge in [-0.1, -0.05) is 30.3 Å². The Bertz CT molecular complexity index is 629. The van der Waals surface area contributed by atoms with Crippen LogP contribution < -0.4 is 11.2 Å². The van der Waals surface area contributed by atoms with Crippen molar-refractivity contribution in [1.29, 1.82) is 0 Å². The monoisotopic (exact) mass is 363 g/mol. The van der Waals surface area contributed by atoms with Gasteiger partial charge in [-0.15, -0.1) is 0 Å². The zero-order valence-electron chi connectivity index (χ0n) is 14.8. The molecule has 1 aliphatic heterocycles. The van der Waals surface area contributed by atoms with Gasteiger partial charge in [-0.3, -0.25) is 10.0 Å². The summed E-state index contributed by atoms with van der Waals surface area (Å²) < 4.78 is 4.98. The number of piperazine rings is 1. The SMILES string of the molecule is CCOC(=O)N1CCN(C(=O)[C@H](Cc2ccccc2)N=C(N)NO)CC1. The van der Waals surface area contributed by atoms with Gasteiger partial charge in [0.2, 0.25) is 11.9 Å². The van der Waals surface area contributed by atoms with E-state index in [1.54, 1.807) is 22.2 Å². The van der Waals surface area contributed by atoms with Crippen molar-refractivity contribution in [2.45, 2.75) is 19.4 Å². The second-order valence-corrected chi connectivity index (χ2v) is 5.84. The van der Waals surface area contributed by atoms with Crippen LogP contribution in [0.2, 0.25) is 0 Å². The Labute approximate surface area is 152 Å². The van der Waals surface area contributed by atoms with Gasteiger partial charge in [0.1, 0.15) is 6.04 Å². The molecule has 2 amide bonds. The highest BCUT2D eigenvalue weighted by molar-refractivity contribution is 5.86. The smallest absolute Gasteiger partial charge is 0.409 e. The third-order valence-electron chi connectivity index (χ3n) is 4.08. The first-order valence-electron chi connectivity index (χ1n) is 8.53. The number of hydrogen-bond donors (Lipinski definition) is 3. The number of nitrogens with two attached hydrogens (primary N) is 1. The lowest BCUT2D eigenvalue weighted by molar-refractivity contribution is -0.134. The molecule has 142 valence electrons. The molecule has 9 nitrogen and oxygen atoms in total. The van der Waals surface area contributed by atoms with E-state index in [-0.39, 0.29) is 18.0 Å². The predicted molar refractivity (Wildman–Crippen MR) is 95.7 cm³/mol. The van der Waals surface area contributed by atoms with Gasteiger partial charge in [0, 0.05) is 32.6 Å². The van der Waals surface area contributed by atoms with Crippen LogP contribution >= 0.6 is 0 Å². The molecule has 0 bridgehead atoms. The van der Waals surface area contributed by atoms with Crippen molar-refractivity contribution in [1.82, 2.24) is 15.3 Å². The molecule has 1 heterocycles. The Morgan fingerprint density at radius 1 is 1.23 bits per heavy atom. The van der Waals surface area contributed by atoms with Crippen molar-refractivity contribution in [3.63, 3.8) is 0 Å². The minimum Gasteiger partial charge on any atom is -0.450 e. The number of nitrogens with one attached hydrogen (secondary N) is 1. The van der Waals surface area contributed by atoms with Crippen LogP contribution in [0, 0.1) is 0 Å². The Kier molecular flexibility index (Phi) is 7.22. The van der Waals surface area contributed by atoms with Crippen LogP contribution in [0.4, 0.5) is 4.79 Å². The maximum atomic E-state index is 12.9. The summed E-state index contributed by atoms with van der Waals surface area (Å²) in [6.45, 7) is 3.67. The van der Waals surface area contributed by atoms with Crippen LogP contribution in [0.1, 0.15) is 12.5 Å². The summed E-state index contributed by atoms with van der Waals surface area (Å²) >= 11 is 0. The number of ether oxygens (including phenoxy) is 1. The van der Waals surface area contributed by atoms with Crippen LogP contribution in [-0.4, -0.2) is 71.8 Å². The molecule has 0 aromatic heterocycles. The third kappa shape index (κ3) is 5.35. The first-order valence-corrected chi connectivity index (χ1v) is 8.53. The summed E-state index contributed by atoms with van der Waals surface area (Å²) in [5.41, 5.74) is 8.24. The van der Waals surface area contributed by atoms with Gasteiger partial charge in [-0.2, -0.15) is 0 Å². The van der Waals surface area contributed by atoms with Gasteiger partial charge in [0.15, 0.2) is 0 Å². The van der Waals surface area contributed by atoms with E-state index in [0.29, 0.717) is 39.2 Å². The number of amides is 2. The van der Waals surface area contributed by atoms with E-state index < -0.39 is 6.04 Å². The van der Waals surface area contributed by atoms with E-state index in [9.17, 15) is 9.59 Å². The molecule has 1 atom stereocenters. The minimum atomic E-state index is -0.758. The zero-order chi connectivity index (χ0) is 18.9. The number of hydroxylamine groups is 1. The van der Waals surface area contributed by atoms with E-state index in [1.807, 2.05) is 30.3 Å². The van der Waals surface area contributed by atoms with Crippen LogP contribution in [0.3, 0.4) is 0 Å². The summed E-state index contributed by atoms with van der Waals surface area (Å²) in [6.07, 6.45) is -0.00710. The number of hydrogen-bond acceptors (Lipinski definition) is 5. The van der Waals surface area contributed by atoms with Crippen molar-refractivity contribution < 1.29 is 19.5 Å². The summed E-state index contributed by atoms with van der Waals surface area (Å²) in [7, 11) is 0. The average Bonchev–Trinajstić information content (AvgIpc) is 2.68. The lowest BCUT2D eigenvalue weighted by Crippen LogP contribution is -2.53. The molecule has 0 saturated carbocycles. The Balaban J connectivity index is 2.03. The van der Waals surface area contributed by atoms with Crippen molar-refractivity contribution >= 4 is 18.0 Å². The third-order valence-corrected chi connectivity index (χ3v) is 4.08. The molecule has 2 rings (SSSR count). The molecule has 0 unspecified atom stereocenters. The van der Waals surface area contributed by atoms with E-state index in [2.05, 4.69) is 4.99 Å². The number of carbonyl (C=O) groups excluding carboxylic acids is 2. The van der Waals surface area contributed by atoms with E-state index in [0.717, 1.165) is 5.56 Å². The van der Waals surface area contributed by atoms with E-state index >= 15 is 0 Å². The predicted octanol–water partition coefficient (Wildman–Crippen LogP) is 0.192. The van der Waals surface area contributed by atoms with Crippen LogP contribution in [0.15, 0.2) is 35.3 Å². The van der Waals surface area contributed by atoms with Gasteiger partial charge in [0.05, 0.1) is 6.61 Å². The summed E-state index contributed by atoms with van der Waals surface area (Å²) in [6, 6.07) is 8.69. The zero-order valence-corrected chi connectivity index (χ0v) is 14.8. The first-order chi connectivity index (χ1) is 12.5. The maximum absolute atomic E-state index is 12.9. The highest BCUT2D eigenvalue weighted by Crippen LogP contribution is 2.12. The standard InChI is InChI=1S/C17H25N5O4/c1-2-26-17(24)22-10-8-21(9-11-22)15(23)14(19-16(18)20-25)12-13-6-4-3-5-7-13/h3-7,14,25H,2,8-12H2,1H3,(H3,18,19,20)/t14-/m0/s1. The summed E-state index contributed by atoms with van der Waals surface area (Å²) in [4.78, 5) is 31.9. The van der Waals surface area contributed by atoms with Crippen molar-refractivity contribution in [3.05, 3.63) is 35.9 Å². The molecule has 26 heavy (non-hydrogen) atoms. The molecule has 0 radical (unpaired) electrons. The Morgan fingerprint density at radius 2 is 1.85 bits per heavy atom. The normalized spacial score (nSPS) is 16.2. The molecule has 1 aromatic rings. The maximum Gasteiger partial charge on any atom is 0.409 e. The second kappa shape index (κ2) is 9.62. The van der Waals surface area contributed by atoms with Crippen LogP contribution in [-0.2, 0) is 16.0 Å². The molecule has 1 aliphatic rings. The van der Waals surface area contributed by atoms with E-state index in [4.69, 9.17) is 15.7 Å². The largest absolute Gasteiger partial charge is 0.450 e. The quantitative estimate of drug-likeness (QED) is 0.390. The molecule has 0 aliphatic carbocycles. The number of nitrogens with zero attached hydrogens (tertiary/aromatic N) is 3. The molecule has 0 spiro atoms. The molecule has 1 fully saturated rings. The van der Waals surface area contributed by atoms with Gasteiger partial charge >= 0.3 is 6.09 Å². The molecule has 9 heteroatoms. The van der Waals surface area contributed by atoms with Gasteiger partial charge in [-0.05, 0) is 12.5 Å². The molecular formula is C17H25N5O4. The number of guanidine groups is 1. The average molecular weight is 363 g/mol. The Morgan fingerprint density at radius 3 is 2.42 bits per heavy atom. The highest BCUT2D eigenvalue weighted by Gasteiger charge is 2.29. The fraction of sp³-hybridized carbons (Fsp3) is 0.471. The molecular weight excluding hydrogens is 338 g/mol. The summed E-state index contributed by atoms with van der Waals surface area (Å²) in [5, 5.41) is 8.90. The molecule has 4 N–H and O–H groups in total. The number of rotatable bonds is 5. The molecule has 1 aromatic carbocycles. The lowest BCUT2D eigenvalue weighted by atomic mass is 10.0. The first kappa shape index (κ1) is 19.5. The number of aliphatic imine (C=N–C) groups is 1. The van der Waals surface area contributed by atoms with Crippen LogP contribution in [0.5, 0.6) is 0 Å². The van der Waals surface area contributed by atoms with E-state index in [1.165, 1.54) is 0 Å². The number of benzene rings is 1. The van der Waals surface area contributed by atoms with Gasteiger partial charge in [0.25, 0.3) is 0 Å². The topological polar surface area (TPSA) is 120 Å². The van der Waals surface area contributed by atoms with Crippen molar-refractivity contribution in [2.75, 3.05) is 32.8 Å². The summed E-state index contributed by atoms with van der Waals surface area (Å²) in [5.74, 6) is -0.417. The van der Waals surface area contributed by atoms with Crippen molar-refractivity contribution in [3.8, 4) is 0 Å². The second-order valence-electron chi connectivity index (χ2n) is 5.84. The number of carbonyl (C=O) groups is 2. The lowest BCUT2D eigenvalue weighted by Gasteiger charge is -2.35. The molecule has 1 saturated heterocycles. The highest BCUT2D eigenvalue weighted by atomic mass is 16.6. The fourth-order valence-corrected chi connectivity index (χ4v) is 2.76. The van der Waals surface area contributed by atoms with Gasteiger partial charge in [-0.25, -0.2) is 15.3 Å². The van der Waals surface area contributed by atoms with Crippen molar-refractivity contribution in [2.24, 2.45) is 10.7 Å².